The van der Waals surface area contributed by atoms with Crippen molar-refractivity contribution in [1.82, 2.24) is 19.2 Å². The first-order chi connectivity index (χ1) is 13.1. The number of hydrogen-bond acceptors (Lipinski definition) is 3. The predicted octanol–water partition coefficient (Wildman–Crippen LogP) is 3.22. The second-order valence-corrected chi connectivity index (χ2v) is 7.94. The lowest BCUT2D eigenvalue weighted by Gasteiger charge is -2.30. The molecule has 2 fully saturated rings. The highest BCUT2D eigenvalue weighted by Gasteiger charge is 2.29. The molecule has 0 N–H and O–H groups in total. The van der Waals surface area contributed by atoms with Crippen LogP contribution in [-0.4, -0.2) is 57.2 Å². The van der Waals surface area contributed by atoms with Gasteiger partial charge in [-0.3, -0.25) is 14.0 Å². The first-order valence-corrected chi connectivity index (χ1v) is 10.2. The quantitative estimate of drug-likeness (QED) is 0.818. The zero-order chi connectivity index (χ0) is 18.8. The molecule has 144 valence electrons. The van der Waals surface area contributed by atoms with Crippen molar-refractivity contribution in [2.75, 3.05) is 26.2 Å². The molecule has 2 aromatic heterocycles. The summed E-state index contributed by atoms with van der Waals surface area (Å²) in [7, 11) is 0. The minimum atomic E-state index is -0.0716. The third-order valence-electron chi connectivity index (χ3n) is 5.78. The molecule has 0 aromatic carbocycles. The number of imidazole rings is 1. The smallest absolute Gasteiger partial charge is 0.290 e. The number of carbonyl (C=O) groups is 2. The fourth-order valence-corrected chi connectivity index (χ4v) is 4.28. The molecule has 4 rings (SSSR count). The largest absolute Gasteiger partial charge is 0.337 e. The van der Waals surface area contributed by atoms with E-state index in [1.165, 1.54) is 12.8 Å². The molecule has 4 heterocycles. The number of piperidine rings is 1. The van der Waals surface area contributed by atoms with Crippen LogP contribution in [0.15, 0.2) is 24.4 Å². The minimum absolute atomic E-state index is 0.0494. The van der Waals surface area contributed by atoms with Crippen LogP contribution in [0.25, 0.3) is 5.52 Å². The van der Waals surface area contributed by atoms with E-state index in [0.717, 1.165) is 57.4 Å². The summed E-state index contributed by atoms with van der Waals surface area (Å²) in [5, 5.41) is 0. The maximum Gasteiger partial charge on any atom is 0.290 e. The van der Waals surface area contributed by atoms with Gasteiger partial charge in [0.25, 0.3) is 11.8 Å². The Bertz CT molecular complexity index is 788. The fraction of sp³-hybridized carbons (Fsp3) is 0.571. The van der Waals surface area contributed by atoms with E-state index in [-0.39, 0.29) is 11.8 Å². The molecule has 1 atom stereocenters. The van der Waals surface area contributed by atoms with Gasteiger partial charge in [-0.25, -0.2) is 4.98 Å². The molecule has 27 heavy (non-hydrogen) atoms. The number of rotatable bonds is 2. The molecule has 2 saturated heterocycles. The summed E-state index contributed by atoms with van der Waals surface area (Å²) in [6.07, 6.45) is 8.43. The van der Waals surface area contributed by atoms with Crippen molar-refractivity contribution >= 4 is 17.3 Å². The molecular weight excluding hydrogens is 340 g/mol. The lowest BCUT2D eigenvalue weighted by Crippen LogP contribution is -2.40. The molecule has 2 aliphatic rings. The summed E-state index contributed by atoms with van der Waals surface area (Å²) in [4.78, 5) is 34.7. The Balaban J connectivity index is 1.68. The van der Waals surface area contributed by atoms with E-state index in [1.54, 1.807) is 4.40 Å². The fourth-order valence-electron chi connectivity index (χ4n) is 4.28. The van der Waals surface area contributed by atoms with Gasteiger partial charge in [0.2, 0.25) is 5.82 Å². The lowest BCUT2D eigenvalue weighted by molar-refractivity contribution is 0.0669. The van der Waals surface area contributed by atoms with Crippen molar-refractivity contribution in [2.24, 2.45) is 5.92 Å². The van der Waals surface area contributed by atoms with E-state index in [2.05, 4.69) is 11.9 Å². The van der Waals surface area contributed by atoms with Crippen LogP contribution in [0.1, 0.15) is 66.6 Å². The highest BCUT2D eigenvalue weighted by molar-refractivity contribution is 6.02. The molecule has 0 bridgehead atoms. The van der Waals surface area contributed by atoms with Gasteiger partial charge in [-0.05, 0) is 43.7 Å². The van der Waals surface area contributed by atoms with Crippen LogP contribution in [0.2, 0.25) is 0 Å². The van der Waals surface area contributed by atoms with Crippen LogP contribution >= 0.6 is 0 Å². The van der Waals surface area contributed by atoms with Crippen LogP contribution in [0.3, 0.4) is 0 Å². The molecule has 0 spiro atoms. The SMILES string of the molecule is CC1CCCN(C(=O)c2nc(C(=O)N3CCCCCC3)c3ccccn23)C1. The maximum atomic E-state index is 13.2. The summed E-state index contributed by atoms with van der Waals surface area (Å²) in [6, 6.07) is 5.66. The van der Waals surface area contributed by atoms with Gasteiger partial charge in [0.05, 0.1) is 5.52 Å². The van der Waals surface area contributed by atoms with E-state index in [9.17, 15) is 9.59 Å². The minimum Gasteiger partial charge on any atom is -0.337 e. The third kappa shape index (κ3) is 3.57. The number of aromatic nitrogens is 2. The summed E-state index contributed by atoms with van der Waals surface area (Å²) >= 11 is 0. The Morgan fingerprint density at radius 2 is 1.70 bits per heavy atom. The van der Waals surface area contributed by atoms with Gasteiger partial charge < -0.3 is 9.80 Å². The summed E-state index contributed by atoms with van der Waals surface area (Å²) < 4.78 is 1.78. The van der Waals surface area contributed by atoms with Crippen LogP contribution in [0.4, 0.5) is 0 Å². The van der Waals surface area contributed by atoms with Crippen molar-refractivity contribution in [3.63, 3.8) is 0 Å². The second-order valence-electron chi connectivity index (χ2n) is 7.94. The van der Waals surface area contributed by atoms with Crippen molar-refractivity contribution < 1.29 is 9.59 Å². The molecule has 6 heteroatoms. The lowest BCUT2D eigenvalue weighted by atomic mass is 10.0. The zero-order valence-electron chi connectivity index (χ0n) is 16.1. The molecule has 0 saturated carbocycles. The first kappa shape index (κ1) is 18.0. The third-order valence-corrected chi connectivity index (χ3v) is 5.78. The molecule has 1 unspecified atom stereocenters. The van der Waals surface area contributed by atoms with Crippen molar-refractivity contribution in [1.29, 1.82) is 0 Å². The van der Waals surface area contributed by atoms with Crippen molar-refractivity contribution in [3.05, 3.63) is 35.9 Å². The highest BCUT2D eigenvalue weighted by Crippen LogP contribution is 2.21. The van der Waals surface area contributed by atoms with Gasteiger partial charge >= 0.3 is 0 Å². The Hall–Kier alpha value is -2.37. The number of nitrogens with zero attached hydrogens (tertiary/aromatic N) is 4. The second kappa shape index (κ2) is 7.71. The topological polar surface area (TPSA) is 57.9 Å². The number of hydrogen-bond donors (Lipinski definition) is 0. The van der Waals surface area contributed by atoms with Gasteiger partial charge in [-0.2, -0.15) is 0 Å². The average Bonchev–Trinajstić information content (AvgIpc) is 2.86. The molecule has 2 amide bonds. The predicted molar refractivity (Wildman–Crippen MR) is 104 cm³/mol. The molecular formula is C21H28N4O2. The highest BCUT2D eigenvalue weighted by atomic mass is 16.2. The van der Waals surface area contributed by atoms with E-state index in [0.29, 0.717) is 17.4 Å². The van der Waals surface area contributed by atoms with E-state index >= 15 is 0 Å². The summed E-state index contributed by atoms with van der Waals surface area (Å²) in [5.41, 5.74) is 1.13. The van der Waals surface area contributed by atoms with Crippen LogP contribution in [0, 0.1) is 5.92 Å². The normalized spacial score (nSPS) is 21.3. The number of carbonyl (C=O) groups excluding carboxylic acids is 2. The Morgan fingerprint density at radius 3 is 2.44 bits per heavy atom. The van der Waals surface area contributed by atoms with Gasteiger partial charge in [-0.15, -0.1) is 0 Å². The molecule has 6 nitrogen and oxygen atoms in total. The first-order valence-electron chi connectivity index (χ1n) is 10.2. The molecule has 2 aliphatic heterocycles. The van der Waals surface area contributed by atoms with E-state index in [4.69, 9.17) is 0 Å². The zero-order valence-corrected chi connectivity index (χ0v) is 16.1. The number of amides is 2. The van der Waals surface area contributed by atoms with Gasteiger partial charge in [0.15, 0.2) is 5.69 Å². The number of fused-ring (bicyclic) bond motifs is 1. The van der Waals surface area contributed by atoms with Crippen molar-refractivity contribution in [2.45, 2.75) is 45.4 Å². The molecule has 2 aromatic rings. The number of pyridine rings is 1. The average molecular weight is 368 g/mol. The summed E-state index contributed by atoms with van der Waals surface area (Å²) in [6.45, 7) is 5.25. The Labute approximate surface area is 160 Å². The number of likely N-dealkylation sites (tertiary alicyclic amines) is 2. The van der Waals surface area contributed by atoms with E-state index in [1.807, 2.05) is 34.2 Å². The molecule has 0 radical (unpaired) electrons. The van der Waals surface area contributed by atoms with Crippen LogP contribution in [-0.2, 0) is 0 Å². The van der Waals surface area contributed by atoms with E-state index < -0.39 is 0 Å². The van der Waals surface area contributed by atoms with Gasteiger partial charge in [0.1, 0.15) is 0 Å². The monoisotopic (exact) mass is 368 g/mol. The maximum absolute atomic E-state index is 13.2. The molecule has 0 aliphatic carbocycles. The Kier molecular flexibility index (Phi) is 5.14. The van der Waals surface area contributed by atoms with Crippen LogP contribution in [0.5, 0.6) is 0 Å². The standard InChI is InChI=1S/C21H28N4O2/c1-16-9-8-13-24(15-16)21(27)19-22-18(17-10-4-7-14-25(17)19)20(26)23-11-5-2-3-6-12-23/h4,7,10,14,16H,2-3,5-6,8-9,11-13,15H2,1H3. The van der Waals surface area contributed by atoms with Crippen molar-refractivity contribution in [3.8, 4) is 0 Å². The summed E-state index contributed by atoms with van der Waals surface area (Å²) in [5.74, 6) is 0.745. The van der Waals surface area contributed by atoms with Crippen LogP contribution < -0.4 is 0 Å². The van der Waals surface area contributed by atoms with Gasteiger partial charge in [-0.1, -0.05) is 25.8 Å². The Morgan fingerprint density at radius 1 is 0.963 bits per heavy atom. The van der Waals surface area contributed by atoms with Gasteiger partial charge in [0, 0.05) is 32.4 Å².